The second kappa shape index (κ2) is 16.0. The smallest absolute Gasteiger partial charge is 0.328 e. The van der Waals surface area contributed by atoms with Gasteiger partial charge in [-0.3, -0.25) is 19.2 Å². The molecule has 35 heavy (non-hydrogen) atoms. The van der Waals surface area contributed by atoms with Gasteiger partial charge < -0.3 is 31.5 Å². The van der Waals surface area contributed by atoms with Crippen molar-refractivity contribution in [1.29, 1.82) is 0 Å². The lowest BCUT2D eigenvalue weighted by molar-refractivity contribution is -0.131. The van der Waals surface area contributed by atoms with E-state index in [0.717, 1.165) is 12.2 Å². The molecule has 1 aromatic rings. The summed E-state index contributed by atoms with van der Waals surface area (Å²) < 4.78 is 0. The van der Waals surface area contributed by atoms with Crippen LogP contribution < -0.4 is 21.3 Å². The van der Waals surface area contributed by atoms with Crippen molar-refractivity contribution in [3.05, 3.63) is 42.0 Å². The maximum Gasteiger partial charge on any atom is 0.328 e. The second-order valence-electron chi connectivity index (χ2n) is 8.18. The minimum Gasteiger partial charge on any atom is -0.478 e. The molecule has 11 heteroatoms. The van der Waals surface area contributed by atoms with E-state index in [2.05, 4.69) is 21.3 Å². The molecule has 0 heterocycles. The summed E-state index contributed by atoms with van der Waals surface area (Å²) >= 11 is 0. The average molecular weight is 491 g/mol. The number of anilines is 1. The van der Waals surface area contributed by atoms with E-state index in [1.54, 1.807) is 38.1 Å². The molecule has 1 rings (SSSR count). The lowest BCUT2D eigenvalue weighted by Crippen LogP contribution is -2.51. The minimum absolute atomic E-state index is 0.0984. The predicted octanol–water partition coefficient (Wildman–Crippen LogP) is 0.692. The maximum absolute atomic E-state index is 12.5. The first kappa shape index (κ1) is 29.3. The highest BCUT2D eigenvalue weighted by Gasteiger charge is 2.24. The molecule has 1 unspecified atom stereocenters. The maximum atomic E-state index is 12.5. The van der Waals surface area contributed by atoms with Crippen LogP contribution in [0.2, 0.25) is 0 Å². The number of hydrogen-bond donors (Lipinski definition) is 6. The van der Waals surface area contributed by atoms with E-state index in [4.69, 9.17) is 10.2 Å². The van der Waals surface area contributed by atoms with Crippen LogP contribution in [0.5, 0.6) is 0 Å². The van der Waals surface area contributed by atoms with Gasteiger partial charge in [-0.2, -0.15) is 0 Å². The molecule has 0 bridgehead atoms. The van der Waals surface area contributed by atoms with Gasteiger partial charge >= 0.3 is 5.97 Å². The van der Waals surface area contributed by atoms with Crippen LogP contribution in [0.3, 0.4) is 0 Å². The molecule has 1 atom stereocenters. The van der Waals surface area contributed by atoms with Gasteiger partial charge in [0.05, 0.1) is 13.2 Å². The van der Waals surface area contributed by atoms with Crippen molar-refractivity contribution in [2.75, 3.05) is 18.4 Å². The number of carbonyl (C=O) groups excluding carboxylic acids is 4. The SMILES string of the molecule is CC(C)C(NC(=O)CCCCCNC(=O)/C=C\C(=O)O)C(=O)NCC(=O)Nc1ccc(CO)cc1. The molecule has 6 N–H and O–H groups in total. The highest BCUT2D eigenvalue weighted by Crippen LogP contribution is 2.09. The summed E-state index contributed by atoms with van der Waals surface area (Å²) in [6.07, 6.45) is 3.72. The number of unbranched alkanes of at least 4 members (excludes halogenated alkanes) is 2. The van der Waals surface area contributed by atoms with E-state index in [-0.39, 0.29) is 31.4 Å². The molecule has 192 valence electrons. The Hall–Kier alpha value is -3.73. The molecule has 0 spiro atoms. The Balaban J connectivity index is 2.33. The Morgan fingerprint density at radius 1 is 0.914 bits per heavy atom. The van der Waals surface area contributed by atoms with Gasteiger partial charge in [-0.1, -0.05) is 32.4 Å². The zero-order chi connectivity index (χ0) is 26.2. The summed E-state index contributed by atoms with van der Waals surface area (Å²) in [7, 11) is 0. The number of aliphatic carboxylic acids is 1. The summed E-state index contributed by atoms with van der Waals surface area (Å²) in [4.78, 5) is 58.6. The highest BCUT2D eigenvalue weighted by atomic mass is 16.4. The lowest BCUT2D eigenvalue weighted by atomic mass is 10.0. The lowest BCUT2D eigenvalue weighted by Gasteiger charge is -2.21. The van der Waals surface area contributed by atoms with Crippen molar-refractivity contribution >= 4 is 35.3 Å². The number of hydrogen-bond acceptors (Lipinski definition) is 6. The molecule has 0 saturated heterocycles. The molecule has 0 aliphatic carbocycles. The van der Waals surface area contributed by atoms with Crippen LogP contribution in [-0.4, -0.2) is 58.9 Å². The van der Waals surface area contributed by atoms with Crippen LogP contribution in [0.15, 0.2) is 36.4 Å². The van der Waals surface area contributed by atoms with Crippen molar-refractivity contribution in [3.8, 4) is 0 Å². The number of aliphatic hydroxyl groups is 1. The van der Waals surface area contributed by atoms with E-state index < -0.39 is 29.7 Å². The third-order valence-corrected chi connectivity index (χ3v) is 4.87. The first-order valence-corrected chi connectivity index (χ1v) is 11.4. The van der Waals surface area contributed by atoms with Crippen LogP contribution >= 0.6 is 0 Å². The zero-order valence-electron chi connectivity index (χ0n) is 20.0. The fourth-order valence-electron chi connectivity index (χ4n) is 2.96. The number of nitrogens with one attached hydrogen (secondary N) is 4. The van der Waals surface area contributed by atoms with Gasteiger partial charge in [-0.25, -0.2) is 4.79 Å². The van der Waals surface area contributed by atoms with E-state index >= 15 is 0 Å². The number of amides is 4. The summed E-state index contributed by atoms with van der Waals surface area (Å²) in [6.45, 7) is 3.57. The van der Waals surface area contributed by atoms with Crippen LogP contribution in [0, 0.1) is 5.92 Å². The van der Waals surface area contributed by atoms with Crippen molar-refractivity contribution in [2.45, 2.75) is 52.2 Å². The number of rotatable bonds is 15. The summed E-state index contributed by atoms with van der Waals surface area (Å²) in [5.74, 6) is -3.06. The van der Waals surface area contributed by atoms with Gasteiger partial charge in [-0.05, 0) is 36.5 Å². The highest BCUT2D eigenvalue weighted by molar-refractivity contribution is 5.96. The van der Waals surface area contributed by atoms with Gasteiger partial charge in [0.15, 0.2) is 0 Å². The molecule has 4 amide bonds. The van der Waals surface area contributed by atoms with Crippen LogP contribution in [0.4, 0.5) is 5.69 Å². The molecule has 0 aliphatic heterocycles. The summed E-state index contributed by atoms with van der Waals surface area (Å²) in [6, 6.07) is 5.85. The molecule has 1 aromatic carbocycles. The molecular formula is C24H34N4O7. The topological polar surface area (TPSA) is 174 Å². The van der Waals surface area contributed by atoms with Crippen molar-refractivity contribution in [1.82, 2.24) is 16.0 Å². The van der Waals surface area contributed by atoms with Crippen molar-refractivity contribution in [3.63, 3.8) is 0 Å². The summed E-state index contributed by atoms with van der Waals surface area (Å²) in [5, 5.41) is 27.9. The third-order valence-electron chi connectivity index (χ3n) is 4.87. The number of benzene rings is 1. The zero-order valence-corrected chi connectivity index (χ0v) is 20.0. The first-order valence-electron chi connectivity index (χ1n) is 11.4. The fourth-order valence-corrected chi connectivity index (χ4v) is 2.96. The van der Waals surface area contributed by atoms with Gasteiger partial charge in [0, 0.05) is 30.8 Å². The van der Waals surface area contributed by atoms with E-state index in [0.29, 0.717) is 37.1 Å². The molecule has 0 radical (unpaired) electrons. The van der Waals surface area contributed by atoms with Crippen molar-refractivity contribution in [2.24, 2.45) is 5.92 Å². The predicted molar refractivity (Wildman–Crippen MR) is 129 cm³/mol. The molecule has 0 saturated carbocycles. The fraction of sp³-hybridized carbons (Fsp3) is 0.458. The third kappa shape index (κ3) is 12.9. The standard InChI is InChI=1S/C24H34N4O7/c1-16(2)23(24(35)26-14-21(32)27-18-9-7-17(15-29)8-10-18)28-20(31)6-4-3-5-13-25-19(30)11-12-22(33)34/h7-12,16,23,29H,3-6,13-15H2,1-2H3,(H,25,30)(H,26,35)(H,27,32)(H,28,31)(H,33,34)/b12-11-. The Bertz CT molecular complexity index is 898. The van der Waals surface area contributed by atoms with E-state index in [9.17, 15) is 24.0 Å². The van der Waals surface area contributed by atoms with Gasteiger partial charge in [0.25, 0.3) is 0 Å². The molecule has 0 aliphatic rings. The number of carboxylic acids is 1. The summed E-state index contributed by atoms with van der Waals surface area (Å²) in [5.41, 5.74) is 1.25. The van der Waals surface area contributed by atoms with Gasteiger partial charge in [-0.15, -0.1) is 0 Å². The molecular weight excluding hydrogens is 456 g/mol. The quantitative estimate of drug-likeness (QED) is 0.155. The van der Waals surface area contributed by atoms with E-state index in [1.165, 1.54) is 0 Å². The Kier molecular flexibility index (Phi) is 13.4. The largest absolute Gasteiger partial charge is 0.478 e. The molecule has 0 fully saturated rings. The first-order chi connectivity index (χ1) is 16.6. The van der Waals surface area contributed by atoms with Crippen LogP contribution in [-0.2, 0) is 30.6 Å². The average Bonchev–Trinajstić information content (AvgIpc) is 2.82. The van der Waals surface area contributed by atoms with Crippen LogP contribution in [0.1, 0.15) is 45.1 Å². The van der Waals surface area contributed by atoms with Gasteiger partial charge in [0.1, 0.15) is 6.04 Å². The normalized spacial score (nSPS) is 11.7. The monoisotopic (exact) mass is 490 g/mol. The van der Waals surface area contributed by atoms with Gasteiger partial charge in [0.2, 0.25) is 23.6 Å². The second-order valence-corrected chi connectivity index (χ2v) is 8.18. The Labute approximate surface area is 204 Å². The number of carbonyl (C=O) groups is 5. The molecule has 0 aromatic heterocycles. The molecule has 11 nitrogen and oxygen atoms in total. The van der Waals surface area contributed by atoms with E-state index in [1.807, 2.05) is 0 Å². The van der Waals surface area contributed by atoms with Crippen LogP contribution in [0.25, 0.3) is 0 Å². The minimum atomic E-state index is -1.20. The Morgan fingerprint density at radius 3 is 2.20 bits per heavy atom. The van der Waals surface area contributed by atoms with Crippen molar-refractivity contribution < 1.29 is 34.2 Å². The number of aliphatic hydroxyl groups excluding tert-OH is 1. The Morgan fingerprint density at radius 2 is 1.60 bits per heavy atom. The number of carboxylic acid groups (broad SMARTS) is 1.